The lowest BCUT2D eigenvalue weighted by Gasteiger charge is -2.58. The summed E-state index contributed by atoms with van der Waals surface area (Å²) >= 11 is 0. The summed E-state index contributed by atoms with van der Waals surface area (Å²) in [4.78, 5) is 26.6. The minimum absolute atomic E-state index is 0.0697. The standard InChI is InChI=1S/C25H28N2O2/c1-16-22(28)26-21-17-10-5-7-12-19(17)25(27(26)23(16)29,15-9-14-24(2,3)4)20-13-8-6-11-18(20)21/h5-8,10-13,16,21H,9,14-15H2,1-4H3. The zero-order chi connectivity index (χ0) is 20.6. The predicted octanol–water partition coefficient (Wildman–Crippen LogP) is 4.78. The molecule has 0 aromatic heterocycles. The van der Waals surface area contributed by atoms with Gasteiger partial charge in [-0.2, -0.15) is 0 Å². The van der Waals surface area contributed by atoms with Crippen LogP contribution in [0.15, 0.2) is 48.5 Å². The maximum absolute atomic E-state index is 13.4. The van der Waals surface area contributed by atoms with Crippen molar-refractivity contribution in [2.75, 3.05) is 0 Å². The second kappa shape index (κ2) is 5.94. The molecule has 0 radical (unpaired) electrons. The molecule has 1 fully saturated rings. The van der Waals surface area contributed by atoms with Crippen molar-refractivity contribution in [1.29, 1.82) is 0 Å². The van der Waals surface area contributed by atoms with Crippen molar-refractivity contribution in [3.05, 3.63) is 70.8 Å². The lowest BCUT2D eigenvalue weighted by atomic mass is 9.65. The van der Waals surface area contributed by atoms with Crippen LogP contribution in [0, 0.1) is 11.3 Å². The van der Waals surface area contributed by atoms with Gasteiger partial charge in [0.25, 0.3) is 11.8 Å². The summed E-state index contributed by atoms with van der Waals surface area (Å²) in [5.41, 5.74) is 4.31. The van der Waals surface area contributed by atoms with Crippen molar-refractivity contribution >= 4 is 11.8 Å². The maximum atomic E-state index is 13.4. The van der Waals surface area contributed by atoms with E-state index in [1.165, 1.54) is 11.1 Å². The van der Waals surface area contributed by atoms with Crippen molar-refractivity contribution < 1.29 is 9.59 Å². The van der Waals surface area contributed by atoms with Crippen molar-refractivity contribution in [2.24, 2.45) is 11.3 Å². The van der Waals surface area contributed by atoms with Gasteiger partial charge >= 0.3 is 0 Å². The third-order valence-corrected chi connectivity index (χ3v) is 6.86. The van der Waals surface area contributed by atoms with Crippen molar-refractivity contribution in [1.82, 2.24) is 10.0 Å². The molecule has 150 valence electrons. The van der Waals surface area contributed by atoms with Crippen molar-refractivity contribution in [3.63, 3.8) is 0 Å². The SMILES string of the molecule is CC1C(=O)N2C3c4ccccc4C(CCCC(C)(C)C)(c4ccccc43)N2C1=O. The van der Waals surface area contributed by atoms with Crippen LogP contribution in [-0.4, -0.2) is 21.8 Å². The van der Waals surface area contributed by atoms with Crippen LogP contribution in [0.5, 0.6) is 0 Å². The zero-order valence-electron chi connectivity index (χ0n) is 17.6. The lowest BCUT2D eigenvalue weighted by Crippen LogP contribution is -2.63. The third kappa shape index (κ3) is 2.32. The molecule has 0 N–H and O–H groups in total. The Morgan fingerprint density at radius 1 is 0.897 bits per heavy atom. The molecule has 1 saturated heterocycles. The first-order valence-corrected chi connectivity index (χ1v) is 10.6. The molecule has 4 heteroatoms. The van der Waals surface area contributed by atoms with Crippen LogP contribution in [0.2, 0.25) is 0 Å². The van der Waals surface area contributed by atoms with Crippen LogP contribution >= 0.6 is 0 Å². The Kier molecular flexibility index (Phi) is 3.77. The molecule has 29 heavy (non-hydrogen) atoms. The molecular weight excluding hydrogens is 360 g/mol. The molecule has 2 amide bonds. The van der Waals surface area contributed by atoms with Crippen LogP contribution in [-0.2, 0) is 15.1 Å². The second-order valence-corrected chi connectivity index (χ2v) is 9.91. The molecular formula is C25H28N2O2. The van der Waals surface area contributed by atoms with Crippen molar-refractivity contribution in [2.45, 2.75) is 58.5 Å². The third-order valence-electron chi connectivity index (χ3n) is 6.86. The molecule has 1 unspecified atom stereocenters. The first kappa shape index (κ1) is 18.4. The first-order valence-electron chi connectivity index (χ1n) is 10.6. The van der Waals surface area contributed by atoms with Gasteiger partial charge < -0.3 is 0 Å². The minimum atomic E-state index is -0.622. The summed E-state index contributed by atoms with van der Waals surface area (Å²) in [6.07, 6.45) is 2.86. The maximum Gasteiger partial charge on any atom is 0.254 e. The number of nitrogens with zero attached hydrogens (tertiary/aromatic N) is 2. The van der Waals surface area contributed by atoms with Crippen LogP contribution in [0.25, 0.3) is 0 Å². The Morgan fingerprint density at radius 3 is 2.00 bits per heavy atom. The van der Waals surface area contributed by atoms with Gasteiger partial charge in [-0.3, -0.25) is 9.59 Å². The molecule has 4 nitrogen and oxygen atoms in total. The van der Waals surface area contributed by atoms with Gasteiger partial charge in [0.2, 0.25) is 0 Å². The second-order valence-electron chi connectivity index (χ2n) is 9.91. The van der Waals surface area contributed by atoms with Gasteiger partial charge in [-0.25, -0.2) is 10.0 Å². The van der Waals surface area contributed by atoms with Crippen molar-refractivity contribution in [3.8, 4) is 0 Å². The van der Waals surface area contributed by atoms with Gasteiger partial charge in [0, 0.05) is 0 Å². The van der Waals surface area contributed by atoms with E-state index in [-0.39, 0.29) is 23.3 Å². The number of amides is 2. The Labute approximate surface area is 172 Å². The van der Waals surface area contributed by atoms with Gasteiger partial charge in [-0.1, -0.05) is 69.3 Å². The molecule has 1 aliphatic carbocycles. The van der Waals surface area contributed by atoms with Crippen LogP contribution in [0.1, 0.15) is 75.3 Å². The van der Waals surface area contributed by atoms with Gasteiger partial charge in [0.05, 0.1) is 0 Å². The highest BCUT2D eigenvalue weighted by Crippen LogP contribution is 2.60. The van der Waals surface area contributed by atoms with E-state index >= 15 is 0 Å². The molecule has 2 bridgehead atoms. The number of carbonyl (C=O) groups is 2. The Balaban J connectivity index is 1.77. The van der Waals surface area contributed by atoms with E-state index in [0.717, 1.165) is 30.4 Å². The normalized spacial score (nSPS) is 27.2. The summed E-state index contributed by atoms with van der Waals surface area (Å²) in [6.45, 7) is 8.51. The summed E-state index contributed by atoms with van der Waals surface area (Å²) in [6, 6.07) is 16.6. The average Bonchev–Trinajstić information content (AvgIpc) is 2.93. The minimum Gasteiger partial charge on any atom is -0.272 e. The fraction of sp³-hybridized carbons (Fsp3) is 0.440. The highest BCUT2D eigenvalue weighted by atomic mass is 16.2. The number of rotatable bonds is 3. The molecule has 0 spiro atoms. The first-order chi connectivity index (χ1) is 13.8. The number of hydrogen-bond donors (Lipinski definition) is 0. The molecule has 6 rings (SSSR count). The molecule has 2 aromatic carbocycles. The highest BCUT2D eigenvalue weighted by Gasteiger charge is 2.64. The highest BCUT2D eigenvalue weighted by molar-refractivity contribution is 6.06. The molecule has 0 saturated carbocycles. The summed E-state index contributed by atoms with van der Waals surface area (Å²) < 4.78 is 0. The topological polar surface area (TPSA) is 40.6 Å². The zero-order valence-corrected chi connectivity index (χ0v) is 17.6. The fourth-order valence-electron chi connectivity index (χ4n) is 5.59. The Bertz CT molecular complexity index is 972. The van der Waals surface area contributed by atoms with Gasteiger partial charge in [-0.15, -0.1) is 0 Å². The number of carbonyl (C=O) groups excluding carboxylic acids is 2. The molecule has 3 heterocycles. The Hall–Kier alpha value is -2.62. The van der Waals surface area contributed by atoms with Gasteiger partial charge in [0.15, 0.2) is 0 Å². The van der Waals surface area contributed by atoms with E-state index in [0.29, 0.717) is 0 Å². The molecule has 3 aliphatic heterocycles. The number of benzene rings is 2. The average molecular weight is 389 g/mol. The Morgan fingerprint density at radius 2 is 1.45 bits per heavy atom. The van der Waals surface area contributed by atoms with E-state index in [1.807, 2.05) is 17.1 Å². The van der Waals surface area contributed by atoms with Gasteiger partial charge in [0.1, 0.15) is 17.5 Å². The van der Waals surface area contributed by atoms with E-state index in [9.17, 15) is 9.59 Å². The number of hydrogen-bond acceptors (Lipinski definition) is 2. The van der Waals surface area contributed by atoms with Crippen LogP contribution in [0.3, 0.4) is 0 Å². The van der Waals surface area contributed by atoms with Gasteiger partial charge in [-0.05, 0) is 53.9 Å². The fourth-order valence-corrected chi connectivity index (χ4v) is 5.59. The van der Waals surface area contributed by atoms with Crippen LogP contribution < -0.4 is 0 Å². The van der Waals surface area contributed by atoms with E-state index in [2.05, 4.69) is 57.2 Å². The van der Waals surface area contributed by atoms with E-state index in [4.69, 9.17) is 0 Å². The van der Waals surface area contributed by atoms with E-state index in [1.54, 1.807) is 11.9 Å². The number of hydrazine groups is 1. The quantitative estimate of drug-likeness (QED) is 0.710. The van der Waals surface area contributed by atoms with Crippen LogP contribution in [0.4, 0.5) is 0 Å². The summed E-state index contributed by atoms with van der Waals surface area (Å²) in [5, 5.41) is 3.60. The molecule has 1 atom stereocenters. The smallest absolute Gasteiger partial charge is 0.254 e. The summed E-state index contributed by atoms with van der Waals surface area (Å²) in [7, 11) is 0. The molecule has 4 aliphatic rings. The predicted molar refractivity (Wildman–Crippen MR) is 112 cm³/mol. The summed E-state index contributed by atoms with van der Waals surface area (Å²) in [5.74, 6) is -0.771. The largest absolute Gasteiger partial charge is 0.272 e. The monoisotopic (exact) mass is 388 g/mol. The lowest BCUT2D eigenvalue weighted by molar-refractivity contribution is -0.173. The van der Waals surface area contributed by atoms with E-state index < -0.39 is 11.5 Å². The molecule has 2 aromatic rings.